The molecule has 3 N–H and O–H groups in total. The van der Waals surface area contributed by atoms with Crippen LogP contribution in [-0.4, -0.2) is 28.0 Å². The molecule has 2 aromatic carbocycles. The molecule has 0 bridgehead atoms. The van der Waals surface area contributed by atoms with E-state index in [1.165, 1.54) is 0 Å². The Labute approximate surface area is 217 Å². The molecular weight excluding hydrogens is 464 g/mol. The maximum Gasteiger partial charge on any atom is 0.255 e. The van der Waals surface area contributed by atoms with Crippen molar-refractivity contribution in [2.45, 2.75) is 39.5 Å². The van der Waals surface area contributed by atoms with E-state index in [9.17, 15) is 9.90 Å². The second kappa shape index (κ2) is 10.7. The van der Waals surface area contributed by atoms with Crippen LogP contribution in [0.15, 0.2) is 73.1 Å². The number of phenols is 1. The summed E-state index contributed by atoms with van der Waals surface area (Å²) in [6.07, 6.45) is 4.31. The van der Waals surface area contributed by atoms with Crippen LogP contribution in [0.4, 0.5) is 11.5 Å². The topological polar surface area (TPSA) is 96.4 Å². The number of aromatic nitrogens is 2. The van der Waals surface area contributed by atoms with Crippen molar-refractivity contribution in [3.05, 3.63) is 89.7 Å². The minimum atomic E-state index is -0.347. The van der Waals surface area contributed by atoms with E-state index in [2.05, 4.69) is 41.4 Å². The van der Waals surface area contributed by atoms with Gasteiger partial charge < -0.3 is 20.5 Å². The molecule has 0 aliphatic carbocycles. The molecule has 0 fully saturated rings. The van der Waals surface area contributed by atoms with Crippen LogP contribution in [0.5, 0.6) is 17.4 Å². The third-order valence-corrected chi connectivity index (χ3v) is 6.67. The normalized spacial score (nSPS) is 11.2. The highest BCUT2D eigenvalue weighted by Gasteiger charge is 2.20. The van der Waals surface area contributed by atoms with E-state index >= 15 is 0 Å². The Kier molecular flexibility index (Phi) is 7.43. The number of aromatic hydroxyl groups is 1. The minimum Gasteiger partial charge on any atom is -0.506 e. The lowest BCUT2D eigenvalue weighted by Gasteiger charge is -2.24. The summed E-state index contributed by atoms with van der Waals surface area (Å²) in [4.78, 5) is 21.9. The van der Waals surface area contributed by atoms with Crippen molar-refractivity contribution in [3.8, 4) is 28.5 Å². The summed E-state index contributed by atoms with van der Waals surface area (Å²) in [5.41, 5.74) is 4.29. The Morgan fingerprint density at radius 3 is 2.59 bits per heavy atom. The first-order valence-electron chi connectivity index (χ1n) is 12.2. The maximum atomic E-state index is 13.2. The first-order chi connectivity index (χ1) is 17.7. The van der Waals surface area contributed by atoms with Gasteiger partial charge in [-0.05, 0) is 84.0 Å². The number of ether oxygens (including phenoxy) is 1. The van der Waals surface area contributed by atoms with Crippen LogP contribution in [0.1, 0.15) is 48.7 Å². The molecule has 0 aliphatic heterocycles. The van der Waals surface area contributed by atoms with Gasteiger partial charge in [-0.3, -0.25) is 4.79 Å². The standard InChI is InChI=1S/C30H32N4O3/c1-6-30(3,4)22-11-12-25(35)24(18-22)34-28(36)21-10-9-19(2)26(16-21)37-29-23(8-7-14-33-29)20-13-15-32-27(17-20)31-5/h7-18,35H,6H2,1-5H3,(H,31,32)(H,34,36). The highest BCUT2D eigenvalue weighted by atomic mass is 16.5. The lowest BCUT2D eigenvalue weighted by atomic mass is 9.82. The molecule has 0 atom stereocenters. The van der Waals surface area contributed by atoms with E-state index in [-0.39, 0.29) is 17.1 Å². The fourth-order valence-corrected chi connectivity index (χ4v) is 3.84. The molecule has 0 saturated heterocycles. The Bertz CT molecular complexity index is 1430. The average Bonchev–Trinajstić information content (AvgIpc) is 2.91. The highest BCUT2D eigenvalue weighted by molar-refractivity contribution is 6.05. The number of phenolic OH excluding ortho intramolecular Hbond substituents is 1. The Balaban J connectivity index is 1.62. The van der Waals surface area contributed by atoms with Gasteiger partial charge in [0.1, 0.15) is 17.3 Å². The molecule has 7 heteroatoms. The lowest BCUT2D eigenvalue weighted by Crippen LogP contribution is -2.17. The maximum absolute atomic E-state index is 13.2. The van der Waals surface area contributed by atoms with Crippen molar-refractivity contribution in [1.29, 1.82) is 0 Å². The van der Waals surface area contributed by atoms with Crippen molar-refractivity contribution < 1.29 is 14.6 Å². The number of aryl methyl sites for hydroxylation is 1. The van der Waals surface area contributed by atoms with Gasteiger partial charge in [-0.25, -0.2) is 9.97 Å². The zero-order chi connectivity index (χ0) is 26.6. The molecule has 0 spiro atoms. The number of hydrogen-bond acceptors (Lipinski definition) is 6. The van der Waals surface area contributed by atoms with E-state index in [0.29, 0.717) is 22.9 Å². The summed E-state index contributed by atoms with van der Waals surface area (Å²) in [7, 11) is 1.81. The van der Waals surface area contributed by atoms with Crippen molar-refractivity contribution in [2.24, 2.45) is 0 Å². The molecule has 0 radical (unpaired) electrons. The smallest absolute Gasteiger partial charge is 0.255 e. The number of anilines is 2. The number of amides is 1. The van der Waals surface area contributed by atoms with Crippen LogP contribution in [0.2, 0.25) is 0 Å². The van der Waals surface area contributed by atoms with Crippen molar-refractivity contribution in [3.63, 3.8) is 0 Å². The largest absolute Gasteiger partial charge is 0.506 e. The Morgan fingerprint density at radius 1 is 1.03 bits per heavy atom. The van der Waals surface area contributed by atoms with E-state index in [4.69, 9.17) is 4.74 Å². The number of carbonyl (C=O) groups excluding carboxylic acids is 1. The summed E-state index contributed by atoms with van der Waals surface area (Å²) in [6.45, 7) is 8.28. The van der Waals surface area contributed by atoms with Crippen molar-refractivity contribution >= 4 is 17.4 Å². The number of benzene rings is 2. The molecule has 1 amide bonds. The van der Waals surface area contributed by atoms with Crippen LogP contribution >= 0.6 is 0 Å². The van der Waals surface area contributed by atoms with Gasteiger partial charge in [0.05, 0.1) is 5.69 Å². The monoisotopic (exact) mass is 496 g/mol. The van der Waals surface area contributed by atoms with E-state index in [1.807, 2.05) is 56.4 Å². The molecule has 0 aliphatic rings. The second-order valence-corrected chi connectivity index (χ2v) is 9.54. The molecule has 37 heavy (non-hydrogen) atoms. The number of pyridine rings is 2. The van der Waals surface area contributed by atoms with E-state index < -0.39 is 0 Å². The van der Waals surface area contributed by atoms with Gasteiger partial charge in [-0.2, -0.15) is 0 Å². The van der Waals surface area contributed by atoms with Gasteiger partial charge in [0, 0.05) is 30.6 Å². The fraction of sp³-hybridized carbons (Fsp3) is 0.233. The zero-order valence-electron chi connectivity index (χ0n) is 21.8. The lowest BCUT2D eigenvalue weighted by molar-refractivity contribution is 0.102. The van der Waals surface area contributed by atoms with Gasteiger partial charge in [0.15, 0.2) is 0 Å². The Morgan fingerprint density at radius 2 is 1.84 bits per heavy atom. The van der Waals surface area contributed by atoms with Crippen LogP contribution < -0.4 is 15.4 Å². The third-order valence-electron chi connectivity index (χ3n) is 6.67. The van der Waals surface area contributed by atoms with Crippen molar-refractivity contribution in [2.75, 3.05) is 17.7 Å². The van der Waals surface area contributed by atoms with Gasteiger partial charge in [-0.1, -0.05) is 32.9 Å². The molecule has 2 aromatic heterocycles. The number of nitrogens with zero attached hydrogens (tertiary/aromatic N) is 2. The second-order valence-electron chi connectivity index (χ2n) is 9.54. The number of rotatable bonds is 8. The summed E-state index contributed by atoms with van der Waals surface area (Å²) >= 11 is 0. The predicted octanol–water partition coefficient (Wildman–Crippen LogP) is 6.93. The highest BCUT2D eigenvalue weighted by Crippen LogP contribution is 2.35. The van der Waals surface area contributed by atoms with Gasteiger partial charge >= 0.3 is 0 Å². The summed E-state index contributed by atoms with van der Waals surface area (Å²) < 4.78 is 6.23. The van der Waals surface area contributed by atoms with Gasteiger partial charge in [0.25, 0.3) is 5.91 Å². The molecule has 2 heterocycles. The van der Waals surface area contributed by atoms with Gasteiger partial charge in [0.2, 0.25) is 5.88 Å². The minimum absolute atomic E-state index is 0.0176. The quantitative estimate of drug-likeness (QED) is 0.229. The average molecular weight is 497 g/mol. The molecule has 0 saturated carbocycles. The first-order valence-corrected chi connectivity index (χ1v) is 12.2. The summed E-state index contributed by atoms with van der Waals surface area (Å²) in [5, 5.41) is 16.3. The first kappa shape index (κ1) is 25.7. The van der Waals surface area contributed by atoms with Crippen molar-refractivity contribution in [1.82, 2.24) is 9.97 Å². The van der Waals surface area contributed by atoms with Crippen LogP contribution in [0.3, 0.4) is 0 Å². The van der Waals surface area contributed by atoms with Crippen LogP contribution in [0, 0.1) is 6.92 Å². The summed E-state index contributed by atoms with van der Waals surface area (Å²) in [5.74, 6) is 1.34. The van der Waals surface area contributed by atoms with Crippen LogP contribution in [0.25, 0.3) is 11.1 Å². The Hall–Kier alpha value is -4.39. The third kappa shape index (κ3) is 5.72. The molecule has 7 nitrogen and oxygen atoms in total. The fourth-order valence-electron chi connectivity index (χ4n) is 3.84. The van der Waals surface area contributed by atoms with E-state index in [1.54, 1.807) is 30.6 Å². The number of nitrogens with one attached hydrogen (secondary N) is 2. The van der Waals surface area contributed by atoms with Gasteiger partial charge in [-0.15, -0.1) is 0 Å². The molecule has 0 unspecified atom stereocenters. The number of carbonyl (C=O) groups is 1. The summed E-state index contributed by atoms with van der Waals surface area (Å²) in [6, 6.07) is 18.2. The molecule has 4 aromatic rings. The predicted molar refractivity (Wildman–Crippen MR) is 148 cm³/mol. The SMILES string of the molecule is CCC(C)(C)c1ccc(O)c(NC(=O)c2ccc(C)c(Oc3ncccc3-c3ccnc(NC)c3)c2)c1. The molecular formula is C30H32N4O3. The zero-order valence-corrected chi connectivity index (χ0v) is 21.8. The van der Waals surface area contributed by atoms with Crippen LogP contribution in [-0.2, 0) is 5.41 Å². The molecule has 190 valence electrons. The number of hydrogen-bond donors (Lipinski definition) is 3. The van der Waals surface area contributed by atoms with E-state index in [0.717, 1.165) is 34.5 Å². The molecule has 4 rings (SSSR count).